The number of fused-ring (bicyclic) bond motifs is 1. The van der Waals surface area contributed by atoms with E-state index in [9.17, 15) is 0 Å². The molecule has 0 aliphatic heterocycles. The standard InChI is InChI=1S/C32H53N/c1-4-7-8-9-10-11-12-13-14-15-16-17-18-19-27-31(32(33,5-2)6-3)30-26-22-24-28-23-20-21-25-29(28)30/h20-26,31H,4-19,27,33H2,1-3H3. The molecular formula is C32H53N. The first-order valence-electron chi connectivity index (χ1n) is 14.4. The van der Waals surface area contributed by atoms with Gasteiger partial charge in [-0.3, -0.25) is 0 Å². The summed E-state index contributed by atoms with van der Waals surface area (Å²) < 4.78 is 0. The first-order valence-corrected chi connectivity index (χ1v) is 14.4. The fraction of sp³-hybridized carbons (Fsp3) is 0.688. The van der Waals surface area contributed by atoms with Gasteiger partial charge in [0.15, 0.2) is 0 Å². The summed E-state index contributed by atoms with van der Waals surface area (Å²) in [6, 6.07) is 15.6. The SMILES string of the molecule is CCCCCCCCCCCCCCCCC(c1cccc2ccccc12)C(N)(CC)CC. The van der Waals surface area contributed by atoms with Gasteiger partial charge in [-0.2, -0.15) is 0 Å². The Morgan fingerprint density at radius 2 is 1.09 bits per heavy atom. The van der Waals surface area contributed by atoms with Gasteiger partial charge in [0.2, 0.25) is 0 Å². The third-order valence-corrected chi connectivity index (χ3v) is 8.06. The molecule has 2 aromatic rings. The van der Waals surface area contributed by atoms with Crippen LogP contribution in [0.1, 0.15) is 141 Å². The summed E-state index contributed by atoms with van der Waals surface area (Å²) in [5, 5.41) is 2.74. The highest BCUT2D eigenvalue weighted by Crippen LogP contribution is 2.39. The summed E-state index contributed by atoms with van der Waals surface area (Å²) in [6.07, 6.45) is 23.1. The number of nitrogens with two attached hydrogens (primary N) is 1. The van der Waals surface area contributed by atoms with Gasteiger partial charge >= 0.3 is 0 Å². The minimum absolute atomic E-state index is 0.110. The van der Waals surface area contributed by atoms with Crippen molar-refractivity contribution >= 4 is 10.8 Å². The highest BCUT2D eigenvalue weighted by molar-refractivity contribution is 5.86. The Hall–Kier alpha value is -1.34. The summed E-state index contributed by atoms with van der Waals surface area (Å²) in [7, 11) is 0. The lowest BCUT2D eigenvalue weighted by Crippen LogP contribution is -2.44. The topological polar surface area (TPSA) is 26.0 Å². The Morgan fingerprint density at radius 3 is 1.64 bits per heavy atom. The molecule has 0 aromatic heterocycles. The summed E-state index contributed by atoms with van der Waals surface area (Å²) >= 11 is 0. The minimum Gasteiger partial charge on any atom is -0.325 e. The molecule has 1 unspecified atom stereocenters. The van der Waals surface area contributed by atoms with Crippen LogP contribution >= 0.6 is 0 Å². The van der Waals surface area contributed by atoms with Crippen LogP contribution in [-0.2, 0) is 0 Å². The van der Waals surface area contributed by atoms with Gasteiger partial charge < -0.3 is 5.73 Å². The van der Waals surface area contributed by atoms with Crippen LogP contribution in [0.2, 0.25) is 0 Å². The van der Waals surface area contributed by atoms with Gasteiger partial charge in [0.05, 0.1) is 0 Å². The van der Waals surface area contributed by atoms with Gasteiger partial charge in [-0.25, -0.2) is 0 Å². The van der Waals surface area contributed by atoms with E-state index in [1.54, 1.807) is 0 Å². The normalized spacial score (nSPS) is 13.0. The van der Waals surface area contributed by atoms with Gasteiger partial charge in [0.1, 0.15) is 0 Å². The molecule has 33 heavy (non-hydrogen) atoms. The summed E-state index contributed by atoms with van der Waals surface area (Å²) in [5.41, 5.74) is 8.37. The third kappa shape index (κ3) is 9.44. The fourth-order valence-electron chi connectivity index (χ4n) is 5.59. The molecule has 2 rings (SSSR count). The lowest BCUT2D eigenvalue weighted by atomic mass is 9.72. The maximum Gasteiger partial charge on any atom is 0.0218 e. The first kappa shape index (κ1) is 27.9. The van der Waals surface area contributed by atoms with Gasteiger partial charge in [0.25, 0.3) is 0 Å². The molecule has 0 amide bonds. The zero-order valence-electron chi connectivity index (χ0n) is 22.2. The average molecular weight is 452 g/mol. The van der Waals surface area contributed by atoms with Crippen molar-refractivity contribution in [2.45, 2.75) is 141 Å². The Kier molecular flexibility index (Phi) is 13.8. The fourth-order valence-corrected chi connectivity index (χ4v) is 5.59. The Morgan fingerprint density at radius 1 is 0.606 bits per heavy atom. The molecule has 1 heteroatoms. The van der Waals surface area contributed by atoms with Crippen LogP contribution in [0.5, 0.6) is 0 Å². The quantitative estimate of drug-likeness (QED) is 0.211. The number of hydrogen-bond donors (Lipinski definition) is 1. The number of rotatable bonds is 19. The highest BCUT2D eigenvalue weighted by Gasteiger charge is 2.33. The van der Waals surface area contributed by atoms with E-state index in [4.69, 9.17) is 5.73 Å². The van der Waals surface area contributed by atoms with E-state index in [2.05, 4.69) is 63.2 Å². The van der Waals surface area contributed by atoms with Crippen molar-refractivity contribution in [3.63, 3.8) is 0 Å². The minimum atomic E-state index is -0.110. The molecule has 0 heterocycles. The van der Waals surface area contributed by atoms with E-state index >= 15 is 0 Å². The molecule has 1 atom stereocenters. The van der Waals surface area contributed by atoms with Crippen LogP contribution in [0.15, 0.2) is 42.5 Å². The summed E-state index contributed by atoms with van der Waals surface area (Å²) in [6.45, 7) is 6.84. The molecular weight excluding hydrogens is 398 g/mol. The van der Waals surface area contributed by atoms with Crippen LogP contribution in [0, 0.1) is 0 Å². The monoisotopic (exact) mass is 451 g/mol. The molecule has 1 nitrogen and oxygen atoms in total. The van der Waals surface area contributed by atoms with Gasteiger partial charge in [-0.15, -0.1) is 0 Å². The molecule has 2 aromatic carbocycles. The predicted octanol–water partition coefficient (Wildman–Crippen LogP) is 10.3. The summed E-state index contributed by atoms with van der Waals surface area (Å²) in [4.78, 5) is 0. The molecule has 0 saturated carbocycles. The van der Waals surface area contributed by atoms with Crippen molar-refractivity contribution in [1.29, 1.82) is 0 Å². The molecule has 0 radical (unpaired) electrons. The highest BCUT2D eigenvalue weighted by atomic mass is 14.8. The smallest absolute Gasteiger partial charge is 0.0218 e. The lowest BCUT2D eigenvalue weighted by Gasteiger charge is -2.37. The molecule has 0 aliphatic rings. The van der Waals surface area contributed by atoms with E-state index in [0.717, 1.165) is 12.8 Å². The van der Waals surface area contributed by atoms with E-state index in [1.807, 2.05) is 0 Å². The second-order valence-electron chi connectivity index (χ2n) is 10.4. The van der Waals surface area contributed by atoms with Crippen LogP contribution in [0.3, 0.4) is 0 Å². The van der Waals surface area contributed by atoms with Crippen molar-refractivity contribution in [1.82, 2.24) is 0 Å². The number of benzene rings is 2. The first-order chi connectivity index (χ1) is 16.2. The second-order valence-corrected chi connectivity index (χ2v) is 10.4. The molecule has 0 spiro atoms. The van der Waals surface area contributed by atoms with Crippen LogP contribution < -0.4 is 5.73 Å². The molecule has 0 bridgehead atoms. The zero-order chi connectivity index (χ0) is 23.8. The second kappa shape index (κ2) is 16.3. The largest absolute Gasteiger partial charge is 0.325 e. The molecule has 0 aliphatic carbocycles. The van der Waals surface area contributed by atoms with E-state index in [-0.39, 0.29) is 5.54 Å². The number of hydrogen-bond acceptors (Lipinski definition) is 1. The average Bonchev–Trinajstić information content (AvgIpc) is 2.86. The van der Waals surface area contributed by atoms with Crippen LogP contribution in [0.25, 0.3) is 10.8 Å². The number of unbranched alkanes of at least 4 members (excludes halogenated alkanes) is 13. The molecule has 186 valence electrons. The van der Waals surface area contributed by atoms with Crippen molar-refractivity contribution in [2.24, 2.45) is 5.73 Å². The molecule has 0 fully saturated rings. The van der Waals surface area contributed by atoms with Gasteiger partial charge in [-0.1, -0.05) is 153 Å². The van der Waals surface area contributed by atoms with Gasteiger partial charge in [0, 0.05) is 11.5 Å². The maximum atomic E-state index is 7.02. The van der Waals surface area contributed by atoms with Crippen molar-refractivity contribution in [3.8, 4) is 0 Å². The third-order valence-electron chi connectivity index (χ3n) is 8.06. The maximum absolute atomic E-state index is 7.02. The van der Waals surface area contributed by atoms with Gasteiger partial charge in [-0.05, 0) is 35.6 Å². The van der Waals surface area contributed by atoms with Crippen molar-refractivity contribution in [2.75, 3.05) is 0 Å². The lowest BCUT2D eigenvalue weighted by molar-refractivity contribution is 0.301. The summed E-state index contributed by atoms with van der Waals surface area (Å²) in [5.74, 6) is 0.441. The van der Waals surface area contributed by atoms with E-state index in [1.165, 1.54) is 113 Å². The van der Waals surface area contributed by atoms with Crippen molar-refractivity contribution in [3.05, 3.63) is 48.0 Å². The van der Waals surface area contributed by atoms with E-state index in [0.29, 0.717) is 5.92 Å². The predicted molar refractivity (Wildman–Crippen MR) is 149 cm³/mol. The van der Waals surface area contributed by atoms with Crippen molar-refractivity contribution < 1.29 is 0 Å². The Balaban J connectivity index is 1.72. The Bertz CT molecular complexity index is 740. The Labute approximate surface area is 205 Å². The molecule has 0 saturated heterocycles. The van der Waals surface area contributed by atoms with Crippen LogP contribution in [-0.4, -0.2) is 5.54 Å². The zero-order valence-corrected chi connectivity index (χ0v) is 22.2. The van der Waals surface area contributed by atoms with E-state index < -0.39 is 0 Å². The molecule has 2 N–H and O–H groups in total. The van der Waals surface area contributed by atoms with Crippen LogP contribution in [0.4, 0.5) is 0 Å².